The number of Topliss-reactive ketones (excluding diaryl/α,β-unsaturated/α-hetero) is 2. The first-order chi connectivity index (χ1) is 12.7. The summed E-state index contributed by atoms with van der Waals surface area (Å²) in [6, 6.07) is 5.29. The number of hydrogen-bond acceptors (Lipinski definition) is 4. The minimum Gasteiger partial charge on any atom is -0.454 e. The maximum atomic E-state index is 13.1. The first kappa shape index (κ1) is 19.7. The van der Waals surface area contributed by atoms with Crippen molar-refractivity contribution in [1.29, 1.82) is 0 Å². The Bertz CT molecular complexity index is 775. The van der Waals surface area contributed by atoms with E-state index < -0.39 is 0 Å². The third-order valence-corrected chi connectivity index (χ3v) is 6.26. The van der Waals surface area contributed by atoms with Crippen LogP contribution in [0.1, 0.15) is 64.2 Å². The zero-order valence-corrected chi connectivity index (χ0v) is 17.0. The average molecular weight is 370 g/mol. The molecule has 3 unspecified atom stereocenters. The summed E-state index contributed by atoms with van der Waals surface area (Å²) in [5, 5.41) is 0. The van der Waals surface area contributed by atoms with Crippen LogP contribution in [0.4, 0.5) is 0 Å². The molecule has 0 saturated heterocycles. The summed E-state index contributed by atoms with van der Waals surface area (Å²) in [4.78, 5) is 26.0. The van der Waals surface area contributed by atoms with Crippen molar-refractivity contribution in [2.75, 3.05) is 6.79 Å². The standard InChI is InChI=1S/C23H30O4/c1-14-7-6-10-23(4,5)21(14)18(24)11-15(2)16(3)22(25)17-8-9-19-20(12-17)27-13-26-19/h7-9,12,15-16,21H,6,10-11,13H2,1-5H3. The molecule has 1 aliphatic heterocycles. The number of ketones is 2. The van der Waals surface area contributed by atoms with Gasteiger partial charge >= 0.3 is 0 Å². The van der Waals surface area contributed by atoms with Gasteiger partial charge in [0.2, 0.25) is 6.79 Å². The number of rotatable bonds is 6. The van der Waals surface area contributed by atoms with Gasteiger partial charge < -0.3 is 9.47 Å². The average Bonchev–Trinajstić information content (AvgIpc) is 3.07. The second-order valence-corrected chi connectivity index (χ2v) is 8.78. The topological polar surface area (TPSA) is 52.6 Å². The highest BCUT2D eigenvalue weighted by atomic mass is 16.7. The van der Waals surface area contributed by atoms with Gasteiger partial charge in [-0.25, -0.2) is 0 Å². The number of hydrogen-bond donors (Lipinski definition) is 0. The first-order valence-corrected chi connectivity index (χ1v) is 9.84. The van der Waals surface area contributed by atoms with Crippen LogP contribution in [0.25, 0.3) is 0 Å². The lowest BCUT2D eigenvalue weighted by molar-refractivity contribution is -0.126. The molecule has 2 aliphatic rings. The van der Waals surface area contributed by atoms with Crippen molar-refractivity contribution in [2.24, 2.45) is 23.2 Å². The van der Waals surface area contributed by atoms with Crippen LogP contribution in [0.2, 0.25) is 0 Å². The summed E-state index contributed by atoms with van der Waals surface area (Å²) in [6.45, 7) is 10.5. The van der Waals surface area contributed by atoms with E-state index in [0.717, 1.165) is 12.8 Å². The van der Waals surface area contributed by atoms with Crippen LogP contribution in [0, 0.1) is 23.2 Å². The highest BCUT2D eigenvalue weighted by Gasteiger charge is 2.38. The molecule has 27 heavy (non-hydrogen) atoms. The molecule has 1 heterocycles. The van der Waals surface area contributed by atoms with E-state index in [2.05, 4.69) is 26.8 Å². The molecular weight excluding hydrogens is 340 g/mol. The fourth-order valence-electron chi connectivity index (χ4n) is 4.42. The van der Waals surface area contributed by atoms with Gasteiger partial charge in [-0.15, -0.1) is 0 Å². The molecule has 4 nitrogen and oxygen atoms in total. The Morgan fingerprint density at radius 1 is 1.19 bits per heavy atom. The Morgan fingerprint density at radius 2 is 1.89 bits per heavy atom. The number of benzene rings is 1. The highest BCUT2D eigenvalue weighted by Crippen LogP contribution is 2.42. The molecule has 0 saturated carbocycles. The van der Waals surface area contributed by atoms with Gasteiger partial charge in [-0.1, -0.05) is 39.3 Å². The summed E-state index contributed by atoms with van der Waals surface area (Å²) in [5.74, 6) is 1.30. The fraction of sp³-hybridized carbons (Fsp3) is 0.565. The normalized spacial score (nSPS) is 22.7. The summed E-state index contributed by atoms with van der Waals surface area (Å²) >= 11 is 0. The lowest BCUT2D eigenvalue weighted by Gasteiger charge is -2.38. The van der Waals surface area contributed by atoms with Crippen LogP contribution in [-0.2, 0) is 4.79 Å². The van der Waals surface area contributed by atoms with E-state index in [0.29, 0.717) is 23.5 Å². The maximum absolute atomic E-state index is 13.1. The summed E-state index contributed by atoms with van der Waals surface area (Å²) in [5.41, 5.74) is 1.78. The summed E-state index contributed by atoms with van der Waals surface area (Å²) in [6.07, 6.45) is 4.69. The van der Waals surface area contributed by atoms with Crippen molar-refractivity contribution in [3.8, 4) is 11.5 Å². The van der Waals surface area contributed by atoms with Gasteiger partial charge in [-0.3, -0.25) is 9.59 Å². The van der Waals surface area contributed by atoms with Crippen molar-refractivity contribution < 1.29 is 19.1 Å². The Hall–Kier alpha value is -2.10. The van der Waals surface area contributed by atoms with Gasteiger partial charge in [0.25, 0.3) is 0 Å². The minimum atomic E-state index is -0.231. The Balaban J connectivity index is 1.69. The molecule has 1 aromatic rings. The second kappa shape index (κ2) is 7.49. The molecule has 0 aromatic heterocycles. The van der Waals surface area contributed by atoms with Crippen molar-refractivity contribution in [3.63, 3.8) is 0 Å². The van der Waals surface area contributed by atoms with E-state index >= 15 is 0 Å². The van der Waals surface area contributed by atoms with Gasteiger partial charge in [0, 0.05) is 23.8 Å². The van der Waals surface area contributed by atoms with E-state index in [4.69, 9.17) is 9.47 Å². The third kappa shape index (κ3) is 3.95. The minimum absolute atomic E-state index is 0.0130. The molecule has 1 aliphatic carbocycles. The predicted octanol–water partition coefficient (Wildman–Crippen LogP) is 5.21. The van der Waals surface area contributed by atoms with E-state index in [1.54, 1.807) is 18.2 Å². The predicted molar refractivity (Wildman–Crippen MR) is 105 cm³/mol. The van der Waals surface area contributed by atoms with Crippen LogP contribution >= 0.6 is 0 Å². The largest absolute Gasteiger partial charge is 0.454 e. The quantitative estimate of drug-likeness (QED) is 0.509. The second-order valence-electron chi connectivity index (χ2n) is 8.78. The number of allylic oxidation sites excluding steroid dienone is 2. The van der Waals surface area contributed by atoms with Crippen molar-refractivity contribution >= 4 is 11.6 Å². The molecule has 146 valence electrons. The number of ether oxygens (including phenoxy) is 2. The van der Waals surface area contributed by atoms with Crippen LogP contribution in [0.15, 0.2) is 29.8 Å². The van der Waals surface area contributed by atoms with Gasteiger partial charge in [-0.2, -0.15) is 0 Å². The summed E-state index contributed by atoms with van der Waals surface area (Å²) in [7, 11) is 0. The Morgan fingerprint density at radius 3 is 2.59 bits per heavy atom. The van der Waals surface area contributed by atoms with Crippen molar-refractivity contribution in [1.82, 2.24) is 0 Å². The van der Waals surface area contributed by atoms with Gasteiger partial charge in [-0.05, 0) is 49.3 Å². The van der Waals surface area contributed by atoms with Crippen molar-refractivity contribution in [3.05, 3.63) is 35.4 Å². The Kier molecular flexibility index (Phi) is 5.45. The van der Waals surface area contributed by atoms with E-state index in [9.17, 15) is 9.59 Å². The summed E-state index contributed by atoms with van der Waals surface area (Å²) < 4.78 is 10.7. The SMILES string of the molecule is CC1=CCCC(C)(C)C1C(=O)CC(C)C(C)C(=O)c1ccc2c(c1)OCO2. The molecule has 1 aromatic carbocycles. The van der Waals surface area contributed by atoms with Gasteiger partial charge in [0.15, 0.2) is 17.3 Å². The van der Waals surface area contributed by atoms with Crippen LogP contribution < -0.4 is 9.47 Å². The first-order valence-electron chi connectivity index (χ1n) is 9.84. The molecule has 4 heteroatoms. The highest BCUT2D eigenvalue weighted by molar-refractivity contribution is 5.98. The maximum Gasteiger partial charge on any atom is 0.231 e. The van der Waals surface area contributed by atoms with E-state index in [1.807, 2.05) is 13.8 Å². The molecule has 0 N–H and O–H groups in total. The Labute approximate surface area is 161 Å². The molecule has 0 amide bonds. The van der Waals surface area contributed by atoms with Crippen LogP contribution in [0.3, 0.4) is 0 Å². The lowest BCUT2D eigenvalue weighted by atomic mass is 9.65. The molecule has 3 rings (SSSR count). The number of carbonyl (C=O) groups is 2. The fourth-order valence-corrected chi connectivity index (χ4v) is 4.42. The van der Waals surface area contributed by atoms with Gasteiger partial charge in [0.05, 0.1) is 0 Å². The number of fused-ring (bicyclic) bond motifs is 1. The molecule has 3 atom stereocenters. The van der Waals surface area contributed by atoms with E-state index in [-0.39, 0.29) is 41.5 Å². The molecule has 0 spiro atoms. The molecule has 0 bridgehead atoms. The smallest absolute Gasteiger partial charge is 0.231 e. The lowest BCUT2D eigenvalue weighted by Crippen LogP contribution is -2.36. The molecule has 0 radical (unpaired) electrons. The van der Waals surface area contributed by atoms with Gasteiger partial charge in [0.1, 0.15) is 5.78 Å². The van der Waals surface area contributed by atoms with Crippen LogP contribution in [-0.4, -0.2) is 18.4 Å². The molecule has 0 fully saturated rings. The zero-order chi connectivity index (χ0) is 19.8. The third-order valence-electron chi connectivity index (χ3n) is 6.26. The number of carbonyl (C=O) groups excluding carboxylic acids is 2. The van der Waals surface area contributed by atoms with Crippen molar-refractivity contribution in [2.45, 2.75) is 53.9 Å². The zero-order valence-electron chi connectivity index (χ0n) is 17.0. The van der Waals surface area contributed by atoms with E-state index in [1.165, 1.54) is 5.57 Å². The molecular formula is C23H30O4. The van der Waals surface area contributed by atoms with Crippen LogP contribution in [0.5, 0.6) is 11.5 Å². The monoisotopic (exact) mass is 370 g/mol.